The van der Waals surface area contributed by atoms with E-state index in [0.29, 0.717) is 11.2 Å². The maximum Gasteiger partial charge on any atom is 0.222 e. The Kier molecular flexibility index (Phi) is 6.25. The van der Waals surface area contributed by atoms with Gasteiger partial charge in [0.15, 0.2) is 0 Å². The highest BCUT2D eigenvalue weighted by molar-refractivity contribution is 7.99. The van der Waals surface area contributed by atoms with Crippen molar-refractivity contribution < 1.29 is 4.79 Å². The Bertz CT molecular complexity index is 454. The maximum atomic E-state index is 12.5. The van der Waals surface area contributed by atoms with E-state index >= 15 is 0 Å². The van der Waals surface area contributed by atoms with Gasteiger partial charge in [0.2, 0.25) is 5.91 Å². The molecule has 2 aliphatic rings. The molecule has 1 saturated heterocycles. The quantitative estimate of drug-likeness (QED) is 0.760. The van der Waals surface area contributed by atoms with E-state index in [0.717, 1.165) is 44.0 Å². The van der Waals surface area contributed by atoms with Crippen molar-refractivity contribution >= 4 is 29.0 Å². The Labute approximate surface area is 142 Å². The van der Waals surface area contributed by atoms with Gasteiger partial charge in [-0.15, -0.1) is 11.3 Å². The molecule has 2 heterocycles. The summed E-state index contributed by atoms with van der Waals surface area (Å²) in [7, 11) is 0. The molecule has 0 N–H and O–H groups in total. The summed E-state index contributed by atoms with van der Waals surface area (Å²) in [5, 5.41) is 2.75. The summed E-state index contributed by atoms with van der Waals surface area (Å²) >= 11 is 3.88. The van der Waals surface area contributed by atoms with Crippen molar-refractivity contribution in [1.82, 2.24) is 4.90 Å². The lowest BCUT2D eigenvalue weighted by Crippen LogP contribution is -2.33. The van der Waals surface area contributed by atoms with E-state index in [1.165, 1.54) is 37.0 Å². The van der Waals surface area contributed by atoms with Crippen molar-refractivity contribution in [2.24, 2.45) is 5.92 Å². The molecule has 0 bridgehead atoms. The Balaban J connectivity index is 1.44. The molecule has 1 unspecified atom stereocenters. The van der Waals surface area contributed by atoms with Gasteiger partial charge >= 0.3 is 0 Å². The summed E-state index contributed by atoms with van der Waals surface area (Å²) in [4.78, 5) is 16.1. The van der Waals surface area contributed by atoms with E-state index in [2.05, 4.69) is 22.4 Å². The van der Waals surface area contributed by atoms with Gasteiger partial charge in [-0.1, -0.05) is 38.2 Å². The lowest BCUT2D eigenvalue weighted by Gasteiger charge is -2.24. The van der Waals surface area contributed by atoms with E-state index in [4.69, 9.17) is 0 Å². The number of rotatable bonds is 4. The Morgan fingerprint density at radius 1 is 1.18 bits per heavy atom. The number of hydrogen-bond donors (Lipinski definition) is 0. The molecule has 1 aromatic rings. The molecule has 122 valence electrons. The van der Waals surface area contributed by atoms with Gasteiger partial charge in [-0.25, -0.2) is 0 Å². The highest BCUT2D eigenvalue weighted by atomic mass is 32.2. The van der Waals surface area contributed by atoms with Crippen molar-refractivity contribution in [2.45, 2.75) is 56.6 Å². The van der Waals surface area contributed by atoms with Crippen LogP contribution < -0.4 is 0 Å². The average molecular weight is 338 g/mol. The number of carbonyl (C=O) groups excluding carboxylic acids is 1. The van der Waals surface area contributed by atoms with Gasteiger partial charge in [-0.2, -0.15) is 11.8 Å². The molecule has 1 saturated carbocycles. The van der Waals surface area contributed by atoms with E-state index in [-0.39, 0.29) is 0 Å². The van der Waals surface area contributed by atoms with Crippen molar-refractivity contribution in [3.8, 4) is 0 Å². The standard InChI is InChI=1S/C18H27NOS2/c20-18(9-8-15-5-2-1-3-6-15)19-11-10-17(22-14-12-19)16-7-4-13-21-16/h4,7,13,15,17H,1-3,5-6,8-12,14H2. The topological polar surface area (TPSA) is 20.3 Å². The van der Waals surface area contributed by atoms with Gasteiger partial charge in [-0.3, -0.25) is 4.79 Å². The molecular formula is C18H27NOS2. The molecule has 22 heavy (non-hydrogen) atoms. The monoisotopic (exact) mass is 337 g/mol. The fourth-order valence-corrected chi connectivity index (χ4v) is 5.92. The first-order valence-corrected chi connectivity index (χ1v) is 10.7. The van der Waals surface area contributed by atoms with Crippen LogP contribution in [0.25, 0.3) is 0 Å². The summed E-state index contributed by atoms with van der Waals surface area (Å²) in [5.41, 5.74) is 0. The molecule has 2 fully saturated rings. The lowest BCUT2D eigenvalue weighted by molar-refractivity contribution is -0.131. The van der Waals surface area contributed by atoms with Crippen LogP contribution in [0.5, 0.6) is 0 Å². The Morgan fingerprint density at radius 3 is 2.82 bits per heavy atom. The molecule has 2 nitrogen and oxygen atoms in total. The van der Waals surface area contributed by atoms with Crippen molar-refractivity contribution in [2.75, 3.05) is 18.8 Å². The SMILES string of the molecule is O=C(CCC1CCCCC1)N1CCSC(c2cccs2)CC1. The van der Waals surface area contributed by atoms with Crippen LogP contribution >= 0.6 is 23.1 Å². The molecule has 1 atom stereocenters. The van der Waals surface area contributed by atoms with E-state index in [9.17, 15) is 4.79 Å². The average Bonchev–Trinajstić information content (AvgIpc) is 2.98. The minimum atomic E-state index is 0.401. The van der Waals surface area contributed by atoms with Crippen LogP contribution in [-0.2, 0) is 4.79 Å². The largest absolute Gasteiger partial charge is 0.342 e. The minimum absolute atomic E-state index is 0.401. The Hall–Kier alpha value is -0.480. The van der Waals surface area contributed by atoms with Gasteiger partial charge < -0.3 is 4.90 Å². The van der Waals surface area contributed by atoms with Crippen LogP contribution in [0, 0.1) is 5.92 Å². The first-order chi connectivity index (χ1) is 10.8. The molecule has 4 heteroatoms. The first kappa shape index (κ1) is 16.4. The van der Waals surface area contributed by atoms with Gasteiger partial charge in [0.1, 0.15) is 0 Å². The van der Waals surface area contributed by atoms with E-state index in [1.807, 2.05) is 23.1 Å². The summed E-state index contributed by atoms with van der Waals surface area (Å²) in [6.07, 6.45) is 9.87. The number of carbonyl (C=O) groups is 1. The number of nitrogens with zero attached hydrogens (tertiary/aromatic N) is 1. The number of thiophene rings is 1. The summed E-state index contributed by atoms with van der Waals surface area (Å²) in [6, 6.07) is 4.38. The molecule has 1 aromatic heterocycles. The second-order valence-electron chi connectivity index (χ2n) is 6.59. The van der Waals surface area contributed by atoms with Gasteiger partial charge in [0.25, 0.3) is 0 Å². The van der Waals surface area contributed by atoms with Crippen molar-refractivity contribution in [3.63, 3.8) is 0 Å². The molecule has 3 rings (SSSR count). The molecule has 0 spiro atoms. The van der Waals surface area contributed by atoms with E-state index < -0.39 is 0 Å². The summed E-state index contributed by atoms with van der Waals surface area (Å²) in [6.45, 7) is 1.88. The third-order valence-corrected chi connectivity index (χ3v) is 7.49. The highest BCUT2D eigenvalue weighted by Gasteiger charge is 2.23. The zero-order chi connectivity index (χ0) is 15.2. The number of amides is 1. The second-order valence-corrected chi connectivity index (χ2v) is 8.88. The third kappa shape index (κ3) is 4.51. The fraction of sp³-hybridized carbons (Fsp3) is 0.722. The van der Waals surface area contributed by atoms with Crippen LogP contribution in [0.2, 0.25) is 0 Å². The van der Waals surface area contributed by atoms with Crippen LogP contribution in [-0.4, -0.2) is 29.6 Å². The smallest absolute Gasteiger partial charge is 0.222 e. The highest BCUT2D eigenvalue weighted by Crippen LogP contribution is 2.37. The lowest BCUT2D eigenvalue weighted by atomic mass is 9.86. The van der Waals surface area contributed by atoms with Crippen molar-refractivity contribution in [1.29, 1.82) is 0 Å². The zero-order valence-electron chi connectivity index (χ0n) is 13.3. The maximum absolute atomic E-state index is 12.5. The number of hydrogen-bond acceptors (Lipinski definition) is 3. The van der Waals surface area contributed by atoms with Gasteiger partial charge in [0, 0.05) is 35.4 Å². The molecule has 1 aliphatic heterocycles. The van der Waals surface area contributed by atoms with Crippen molar-refractivity contribution in [3.05, 3.63) is 22.4 Å². The molecule has 0 aromatic carbocycles. The molecular weight excluding hydrogens is 310 g/mol. The Morgan fingerprint density at radius 2 is 2.05 bits per heavy atom. The predicted octanol–water partition coefficient (Wildman–Crippen LogP) is 5.12. The number of thioether (sulfide) groups is 1. The summed E-state index contributed by atoms with van der Waals surface area (Å²) < 4.78 is 0. The summed E-state index contributed by atoms with van der Waals surface area (Å²) in [5.74, 6) is 2.30. The molecule has 0 radical (unpaired) electrons. The normalized spacial score (nSPS) is 24.2. The van der Waals surface area contributed by atoms with Gasteiger partial charge in [-0.05, 0) is 30.2 Å². The van der Waals surface area contributed by atoms with Crippen LogP contribution in [0.3, 0.4) is 0 Å². The fourth-order valence-electron chi connectivity index (χ4n) is 3.68. The third-order valence-electron chi connectivity index (χ3n) is 5.05. The molecule has 1 amide bonds. The van der Waals surface area contributed by atoms with Crippen LogP contribution in [0.15, 0.2) is 17.5 Å². The molecule has 1 aliphatic carbocycles. The van der Waals surface area contributed by atoms with Crippen LogP contribution in [0.4, 0.5) is 0 Å². The van der Waals surface area contributed by atoms with Crippen LogP contribution in [0.1, 0.15) is 61.5 Å². The minimum Gasteiger partial charge on any atom is -0.342 e. The zero-order valence-corrected chi connectivity index (χ0v) is 15.0. The second kappa shape index (κ2) is 8.39. The van der Waals surface area contributed by atoms with Gasteiger partial charge in [0.05, 0.1) is 0 Å². The first-order valence-electron chi connectivity index (χ1n) is 8.75. The predicted molar refractivity (Wildman–Crippen MR) is 96.5 cm³/mol. The van der Waals surface area contributed by atoms with E-state index in [1.54, 1.807) is 0 Å².